The van der Waals surface area contributed by atoms with E-state index in [0.29, 0.717) is 17.9 Å². The molecular weight excluding hydrogens is 226 g/mol. The number of rotatable bonds is 3. The lowest BCUT2D eigenvalue weighted by Crippen LogP contribution is -2.23. The highest BCUT2D eigenvalue weighted by atomic mass is 32.1. The minimum absolute atomic E-state index is 0.263. The summed E-state index contributed by atoms with van der Waals surface area (Å²) >= 11 is 1.55. The number of nitrogen functional groups attached to an aromatic ring is 1. The third-order valence-electron chi connectivity index (χ3n) is 1.99. The van der Waals surface area contributed by atoms with Crippen molar-refractivity contribution in [2.75, 3.05) is 5.73 Å². The lowest BCUT2D eigenvalue weighted by Gasteiger charge is -2.01. The van der Waals surface area contributed by atoms with Crippen LogP contribution in [0.4, 0.5) is 5.69 Å². The van der Waals surface area contributed by atoms with E-state index in [0.717, 1.165) is 9.88 Å². The number of nitrogens with two attached hydrogens (primary N) is 1. The van der Waals surface area contributed by atoms with Crippen LogP contribution in [-0.4, -0.2) is 21.1 Å². The van der Waals surface area contributed by atoms with Crippen molar-refractivity contribution in [2.45, 2.75) is 13.5 Å². The molecule has 2 rings (SSSR count). The van der Waals surface area contributed by atoms with Crippen LogP contribution in [0.5, 0.6) is 0 Å². The van der Waals surface area contributed by atoms with E-state index in [4.69, 9.17) is 5.73 Å². The molecule has 0 radical (unpaired) electrons. The predicted octanol–water partition coefficient (Wildman–Crippen LogP) is 0.687. The zero-order valence-corrected chi connectivity index (χ0v) is 9.47. The summed E-state index contributed by atoms with van der Waals surface area (Å²) in [5, 5.41) is 9.94. The molecule has 0 aliphatic carbocycles. The molecule has 4 N–H and O–H groups in total. The van der Waals surface area contributed by atoms with E-state index >= 15 is 0 Å². The van der Waals surface area contributed by atoms with E-state index < -0.39 is 0 Å². The number of carbonyl (C=O) groups is 1. The third-order valence-corrected chi connectivity index (χ3v) is 2.90. The molecule has 0 unspecified atom stereocenters. The minimum Gasteiger partial charge on any atom is -0.396 e. The standard InChI is InChI=1S/C9H11N5OS/c1-5-11-2-6(16-5)3-12-9(15)8-7(10)4-13-14-8/h2,4H,3,10H2,1H3,(H,12,15)(H,13,14). The molecule has 0 bridgehead atoms. The van der Waals surface area contributed by atoms with Crippen molar-refractivity contribution in [2.24, 2.45) is 0 Å². The average molecular weight is 237 g/mol. The Morgan fingerprint density at radius 3 is 3.00 bits per heavy atom. The SMILES string of the molecule is Cc1ncc(CNC(=O)c2[nH]ncc2N)s1. The summed E-state index contributed by atoms with van der Waals surface area (Å²) in [4.78, 5) is 16.7. The number of thiazole rings is 1. The molecule has 0 aromatic carbocycles. The number of aromatic amines is 1. The smallest absolute Gasteiger partial charge is 0.271 e. The van der Waals surface area contributed by atoms with Crippen molar-refractivity contribution < 1.29 is 4.79 Å². The molecule has 0 saturated carbocycles. The largest absolute Gasteiger partial charge is 0.396 e. The van der Waals surface area contributed by atoms with Crippen LogP contribution in [0.2, 0.25) is 0 Å². The second-order valence-corrected chi connectivity index (χ2v) is 4.55. The molecule has 6 nitrogen and oxygen atoms in total. The Morgan fingerprint density at radius 2 is 2.44 bits per heavy atom. The quantitative estimate of drug-likeness (QED) is 0.731. The van der Waals surface area contributed by atoms with Crippen molar-refractivity contribution in [3.63, 3.8) is 0 Å². The second kappa shape index (κ2) is 4.31. The summed E-state index contributed by atoms with van der Waals surface area (Å²) in [7, 11) is 0. The molecule has 0 spiro atoms. The van der Waals surface area contributed by atoms with Gasteiger partial charge in [-0.1, -0.05) is 0 Å². The van der Waals surface area contributed by atoms with Gasteiger partial charge in [0.1, 0.15) is 5.69 Å². The first kappa shape index (κ1) is 10.6. The van der Waals surface area contributed by atoms with Crippen LogP contribution in [0.25, 0.3) is 0 Å². The Kier molecular flexibility index (Phi) is 2.86. The van der Waals surface area contributed by atoms with Gasteiger partial charge in [0.25, 0.3) is 5.91 Å². The highest BCUT2D eigenvalue weighted by Gasteiger charge is 2.11. The molecule has 84 valence electrons. The number of hydrogen-bond donors (Lipinski definition) is 3. The first-order chi connectivity index (χ1) is 7.66. The minimum atomic E-state index is -0.263. The number of H-pyrrole nitrogens is 1. The number of hydrogen-bond acceptors (Lipinski definition) is 5. The third kappa shape index (κ3) is 2.19. The summed E-state index contributed by atoms with van der Waals surface area (Å²) < 4.78 is 0. The van der Waals surface area contributed by atoms with Gasteiger partial charge in [-0.15, -0.1) is 11.3 Å². The number of nitrogens with one attached hydrogen (secondary N) is 2. The Balaban J connectivity index is 1.96. The van der Waals surface area contributed by atoms with Gasteiger partial charge in [-0.05, 0) is 6.92 Å². The van der Waals surface area contributed by atoms with Gasteiger partial charge in [-0.25, -0.2) is 4.98 Å². The molecule has 0 fully saturated rings. The van der Waals surface area contributed by atoms with Gasteiger partial charge in [-0.2, -0.15) is 5.10 Å². The molecule has 2 aromatic heterocycles. The summed E-state index contributed by atoms with van der Waals surface area (Å²) in [5.74, 6) is -0.263. The van der Waals surface area contributed by atoms with Gasteiger partial charge in [0, 0.05) is 11.1 Å². The lowest BCUT2D eigenvalue weighted by molar-refractivity contribution is 0.0947. The summed E-state index contributed by atoms with van der Waals surface area (Å²) in [5.41, 5.74) is 6.19. The van der Waals surface area contributed by atoms with Crippen molar-refractivity contribution >= 4 is 22.9 Å². The Hall–Kier alpha value is -1.89. The molecule has 1 amide bonds. The van der Waals surface area contributed by atoms with Crippen LogP contribution < -0.4 is 11.1 Å². The first-order valence-electron chi connectivity index (χ1n) is 4.65. The summed E-state index contributed by atoms with van der Waals surface area (Å²) in [6, 6.07) is 0. The van der Waals surface area contributed by atoms with Crippen LogP contribution in [0.3, 0.4) is 0 Å². The number of anilines is 1. The number of nitrogens with zero attached hydrogens (tertiary/aromatic N) is 2. The highest BCUT2D eigenvalue weighted by molar-refractivity contribution is 7.11. The highest BCUT2D eigenvalue weighted by Crippen LogP contribution is 2.11. The number of aromatic nitrogens is 3. The van der Waals surface area contributed by atoms with Crippen molar-refractivity contribution in [1.29, 1.82) is 0 Å². The molecule has 0 saturated heterocycles. The van der Waals surface area contributed by atoms with E-state index in [1.165, 1.54) is 6.20 Å². The van der Waals surface area contributed by atoms with Gasteiger partial charge in [0.05, 0.1) is 23.4 Å². The van der Waals surface area contributed by atoms with Crippen LogP contribution in [0.15, 0.2) is 12.4 Å². The Labute approximate surface area is 95.9 Å². The van der Waals surface area contributed by atoms with Gasteiger partial charge >= 0.3 is 0 Å². The number of aryl methyl sites for hydroxylation is 1. The normalized spacial score (nSPS) is 10.3. The lowest BCUT2D eigenvalue weighted by atomic mass is 10.3. The van der Waals surface area contributed by atoms with Gasteiger partial charge in [-0.3, -0.25) is 9.89 Å². The predicted molar refractivity (Wildman–Crippen MR) is 61.0 cm³/mol. The van der Waals surface area contributed by atoms with E-state index in [1.807, 2.05) is 6.92 Å². The molecule has 7 heteroatoms. The maximum atomic E-state index is 11.6. The van der Waals surface area contributed by atoms with E-state index in [-0.39, 0.29) is 5.91 Å². The van der Waals surface area contributed by atoms with Gasteiger partial charge in [0.2, 0.25) is 0 Å². The monoisotopic (exact) mass is 237 g/mol. The zero-order valence-electron chi connectivity index (χ0n) is 8.65. The van der Waals surface area contributed by atoms with Crippen molar-refractivity contribution in [3.8, 4) is 0 Å². The fourth-order valence-electron chi connectivity index (χ4n) is 1.22. The molecule has 2 aromatic rings. The Bertz CT molecular complexity index is 503. The first-order valence-corrected chi connectivity index (χ1v) is 5.47. The Morgan fingerprint density at radius 1 is 1.62 bits per heavy atom. The molecular formula is C9H11N5OS. The van der Waals surface area contributed by atoms with Crippen LogP contribution in [0.1, 0.15) is 20.4 Å². The van der Waals surface area contributed by atoms with Gasteiger partial charge in [0.15, 0.2) is 0 Å². The molecule has 16 heavy (non-hydrogen) atoms. The van der Waals surface area contributed by atoms with Crippen LogP contribution >= 0.6 is 11.3 Å². The average Bonchev–Trinajstić information content (AvgIpc) is 2.84. The van der Waals surface area contributed by atoms with E-state index in [1.54, 1.807) is 17.5 Å². The van der Waals surface area contributed by atoms with Crippen LogP contribution in [-0.2, 0) is 6.54 Å². The fraction of sp³-hybridized carbons (Fsp3) is 0.222. The van der Waals surface area contributed by atoms with Crippen LogP contribution in [0, 0.1) is 6.92 Å². The zero-order chi connectivity index (χ0) is 11.5. The van der Waals surface area contributed by atoms with Crippen molar-refractivity contribution in [1.82, 2.24) is 20.5 Å². The van der Waals surface area contributed by atoms with E-state index in [9.17, 15) is 4.79 Å². The number of amides is 1. The topological polar surface area (TPSA) is 96.7 Å². The van der Waals surface area contributed by atoms with Gasteiger partial charge < -0.3 is 11.1 Å². The summed E-state index contributed by atoms with van der Waals surface area (Å²) in [6.07, 6.45) is 3.16. The molecule has 0 aliphatic heterocycles. The molecule has 0 aliphatic rings. The second-order valence-electron chi connectivity index (χ2n) is 3.23. The summed E-state index contributed by atoms with van der Waals surface area (Å²) in [6.45, 7) is 2.37. The molecule has 2 heterocycles. The number of carbonyl (C=O) groups excluding carboxylic acids is 1. The maximum Gasteiger partial charge on any atom is 0.271 e. The maximum absolute atomic E-state index is 11.6. The van der Waals surface area contributed by atoms with E-state index in [2.05, 4.69) is 20.5 Å². The molecule has 0 atom stereocenters. The van der Waals surface area contributed by atoms with Crippen molar-refractivity contribution in [3.05, 3.63) is 28.0 Å². The fourth-order valence-corrected chi connectivity index (χ4v) is 1.95.